The summed E-state index contributed by atoms with van der Waals surface area (Å²) in [5, 5.41) is 1.54. The van der Waals surface area contributed by atoms with Gasteiger partial charge in [-0.15, -0.1) is 0 Å². The molecule has 0 N–H and O–H groups in total. The van der Waals surface area contributed by atoms with Crippen LogP contribution in [0.5, 0.6) is 0 Å². The number of hydrogen-bond acceptors (Lipinski definition) is 4. The van der Waals surface area contributed by atoms with Crippen molar-refractivity contribution in [3.63, 3.8) is 0 Å². The van der Waals surface area contributed by atoms with Crippen LogP contribution in [0.1, 0.15) is 18.4 Å². The fraction of sp³-hybridized carbons (Fsp3) is 0.500. The van der Waals surface area contributed by atoms with Gasteiger partial charge < -0.3 is 9.64 Å². The first-order valence-electron chi connectivity index (χ1n) is 9.34. The third-order valence-electron chi connectivity index (χ3n) is 5.14. The molecule has 1 saturated carbocycles. The van der Waals surface area contributed by atoms with Crippen LogP contribution in [0.25, 0.3) is 10.9 Å². The molecule has 1 aromatic carbocycles. The highest BCUT2D eigenvalue weighted by Gasteiger charge is 2.33. The zero-order chi connectivity index (χ0) is 17.9. The molecular weight excluding hydrogens is 350 g/mol. The van der Waals surface area contributed by atoms with E-state index in [0.717, 1.165) is 68.7 Å². The second-order valence-corrected chi connectivity index (χ2v) is 7.48. The monoisotopic (exact) mass is 373 g/mol. The molecule has 0 unspecified atom stereocenters. The summed E-state index contributed by atoms with van der Waals surface area (Å²) < 4.78 is 5.41. The molecule has 26 heavy (non-hydrogen) atoms. The highest BCUT2D eigenvalue weighted by atomic mass is 35.5. The lowest BCUT2D eigenvalue weighted by Gasteiger charge is -2.30. The molecule has 5 nitrogen and oxygen atoms in total. The summed E-state index contributed by atoms with van der Waals surface area (Å²) in [4.78, 5) is 21.6. The maximum absolute atomic E-state index is 12.8. The van der Waals surface area contributed by atoms with Crippen molar-refractivity contribution in [1.29, 1.82) is 0 Å². The summed E-state index contributed by atoms with van der Waals surface area (Å²) in [6, 6.07) is 10.00. The first-order valence-corrected chi connectivity index (χ1v) is 9.71. The number of carbonyl (C=O) groups excluding carboxylic acids is 1. The van der Waals surface area contributed by atoms with Gasteiger partial charge in [-0.05, 0) is 25.0 Å². The SMILES string of the molecule is O=C(C1CC1)N(CCN1CCOCC1)Cc1cc2ccccc2nc1Cl. The molecular formula is C20H24ClN3O2. The Kier molecular flexibility index (Phi) is 5.38. The molecule has 2 fully saturated rings. The van der Waals surface area contributed by atoms with Gasteiger partial charge in [-0.1, -0.05) is 29.8 Å². The number of fused-ring (bicyclic) bond motifs is 1. The molecule has 1 aliphatic heterocycles. The van der Waals surface area contributed by atoms with Gasteiger partial charge in [0, 0.05) is 49.6 Å². The fourth-order valence-electron chi connectivity index (χ4n) is 3.40. The van der Waals surface area contributed by atoms with E-state index in [1.807, 2.05) is 29.2 Å². The second-order valence-electron chi connectivity index (χ2n) is 7.12. The van der Waals surface area contributed by atoms with Crippen molar-refractivity contribution in [2.45, 2.75) is 19.4 Å². The highest BCUT2D eigenvalue weighted by molar-refractivity contribution is 6.30. The number of para-hydroxylation sites is 1. The lowest BCUT2D eigenvalue weighted by molar-refractivity contribution is -0.133. The van der Waals surface area contributed by atoms with Crippen LogP contribution in [-0.4, -0.2) is 60.1 Å². The van der Waals surface area contributed by atoms with E-state index in [2.05, 4.69) is 16.0 Å². The van der Waals surface area contributed by atoms with Crippen LogP contribution >= 0.6 is 11.6 Å². The minimum Gasteiger partial charge on any atom is -0.379 e. The van der Waals surface area contributed by atoms with Crippen molar-refractivity contribution in [3.8, 4) is 0 Å². The summed E-state index contributed by atoms with van der Waals surface area (Å²) in [5.74, 6) is 0.453. The Hall–Kier alpha value is -1.69. The third kappa shape index (κ3) is 4.17. The quantitative estimate of drug-likeness (QED) is 0.730. The normalized spacial score (nSPS) is 18.2. The average Bonchev–Trinajstić information content (AvgIpc) is 3.51. The van der Waals surface area contributed by atoms with E-state index in [0.29, 0.717) is 11.7 Å². The number of nitrogens with zero attached hydrogens (tertiary/aromatic N) is 3. The Morgan fingerprint density at radius 1 is 1.27 bits per heavy atom. The van der Waals surface area contributed by atoms with E-state index in [1.165, 1.54) is 0 Å². The van der Waals surface area contributed by atoms with Crippen molar-refractivity contribution < 1.29 is 9.53 Å². The lowest BCUT2D eigenvalue weighted by atomic mass is 10.1. The van der Waals surface area contributed by atoms with Crippen molar-refractivity contribution in [2.24, 2.45) is 5.92 Å². The van der Waals surface area contributed by atoms with Gasteiger partial charge in [0.25, 0.3) is 0 Å². The Bertz CT molecular complexity index is 788. The number of hydrogen-bond donors (Lipinski definition) is 0. The molecule has 6 heteroatoms. The number of benzene rings is 1. The summed E-state index contributed by atoms with van der Waals surface area (Å²) in [6.45, 7) is 5.54. The largest absolute Gasteiger partial charge is 0.379 e. The molecule has 138 valence electrons. The van der Waals surface area contributed by atoms with E-state index < -0.39 is 0 Å². The predicted octanol–water partition coefficient (Wildman–Crippen LogP) is 2.96. The molecule has 1 amide bonds. The summed E-state index contributed by atoms with van der Waals surface area (Å²) in [6.07, 6.45) is 2.02. The summed E-state index contributed by atoms with van der Waals surface area (Å²) in [7, 11) is 0. The number of morpholine rings is 1. The molecule has 1 aliphatic carbocycles. The fourth-order valence-corrected chi connectivity index (χ4v) is 3.60. The maximum atomic E-state index is 12.8. The smallest absolute Gasteiger partial charge is 0.226 e. The number of ether oxygens (including phenoxy) is 1. The first-order chi connectivity index (χ1) is 12.7. The number of aromatic nitrogens is 1. The number of halogens is 1. The van der Waals surface area contributed by atoms with E-state index in [9.17, 15) is 4.79 Å². The zero-order valence-electron chi connectivity index (χ0n) is 14.9. The van der Waals surface area contributed by atoms with Crippen LogP contribution in [-0.2, 0) is 16.1 Å². The van der Waals surface area contributed by atoms with Gasteiger partial charge in [0.2, 0.25) is 5.91 Å². The van der Waals surface area contributed by atoms with E-state index in [1.54, 1.807) is 0 Å². The zero-order valence-corrected chi connectivity index (χ0v) is 15.6. The van der Waals surface area contributed by atoms with Crippen molar-refractivity contribution in [2.75, 3.05) is 39.4 Å². The van der Waals surface area contributed by atoms with Gasteiger partial charge >= 0.3 is 0 Å². The maximum Gasteiger partial charge on any atom is 0.226 e. The van der Waals surface area contributed by atoms with Gasteiger partial charge in [0.15, 0.2) is 0 Å². The molecule has 1 saturated heterocycles. The molecule has 0 atom stereocenters. The minimum atomic E-state index is 0.201. The van der Waals surface area contributed by atoms with Crippen LogP contribution in [0.4, 0.5) is 0 Å². The second kappa shape index (κ2) is 7.91. The Labute approximate surface area is 158 Å². The Balaban J connectivity index is 1.50. The highest BCUT2D eigenvalue weighted by Crippen LogP contribution is 2.32. The molecule has 4 rings (SSSR count). The van der Waals surface area contributed by atoms with Gasteiger partial charge in [-0.2, -0.15) is 0 Å². The van der Waals surface area contributed by atoms with E-state index >= 15 is 0 Å². The number of amides is 1. The summed E-state index contributed by atoms with van der Waals surface area (Å²) >= 11 is 6.42. The van der Waals surface area contributed by atoms with E-state index in [4.69, 9.17) is 16.3 Å². The topological polar surface area (TPSA) is 45.7 Å². The van der Waals surface area contributed by atoms with Crippen LogP contribution in [0.2, 0.25) is 5.15 Å². The lowest BCUT2D eigenvalue weighted by Crippen LogP contribution is -2.43. The predicted molar refractivity (Wildman–Crippen MR) is 102 cm³/mol. The number of carbonyl (C=O) groups is 1. The van der Waals surface area contributed by atoms with Crippen LogP contribution in [0.15, 0.2) is 30.3 Å². The minimum absolute atomic E-state index is 0.201. The molecule has 1 aromatic heterocycles. The van der Waals surface area contributed by atoms with E-state index in [-0.39, 0.29) is 11.8 Å². The van der Waals surface area contributed by atoms with Crippen LogP contribution < -0.4 is 0 Å². The average molecular weight is 374 g/mol. The number of pyridine rings is 1. The first kappa shape index (κ1) is 17.7. The molecule has 2 aliphatic rings. The van der Waals surface area contributed by atoms with Crippen molar-refractivity contribution in [1.82, 2.24) is 14.8 Å². The van der Waals surface area contributed by atoms with Crippen LogP contribution in [0.3, 0.4) is 0 Å². The Morgan fingerprint density at radius 2 is 2.04 bits per heavy atom. The molecule has 0 radical (unpaired) electrons. The molecule has 0 bridgehead atoms. The third-order valence-corrected chi connectivity index (χ3v) is 5.47. The van der Waals surface area contributed by atoms with Gasteiger partial charge in [0.05, 0.1) is 18.7 Å². The van der Waals surface area contributed by atoms with Crippen LogP contribution in [0, 0.1) is 5.92 Å². The molecule has 2 heterocycles. The summed E-state index contributed by atoms with van der Waals surface area (Å²) in [5.41, 5.74) is 1.80. The Morgan fingerprint density at radius 3 is 2.81 bits per heavy atom. The van der Waals surface area contributed by atoms with Crippen molar-refractivity contribution >= 4 is 28.4 Å². The van der Waals surface area contributed by atoms with Gasteiger partial charge in [0.1, 0.15) is 5.15 Å². The van der Waals surface area contributed by atoms with Gasteiger partial charge in [-0.25, -0.2) is 4.98 Å². The molecule has 0 spiro atoms. The van der Waals surface area contributed by atoms with Gasteiger partial charge in [-0.3, -0.25) is 9.69 Å². The number of rotatable bonds is 6. The van der Waals surface area contributed by atoms with Crippen molar-refractivity contribution in [3.05, 3.63) is 41.0 Å². The molecule has 2 aromatic rings. The standard InChI is InChI=1S/C20H24ClN3O2/c21-19-17(13-16-3-1-2-4-18(16)22-19)14-24(20(25)15-5-6-15)8-7-23-9-11-26-12-10-23/h1-4,13,15H,5-12,14H2.